The van der Waals surface area contributed by atoms with Crippen molar-refractivity contribution >= 4 is 29.2 Å². The highest BCUT2D eigenvalue weighted by atomic mass is 19.1. The van der Waals surface area contributed by atoms with Crippen molar-refractivity contribution in [2.45, 2.75) is 33.2 Å². The van der Waals surface area contributed by atoms with E-state index >= 15 is 0 Å². The third kappa shape index (κ3) is 7.23. The molecule has 0 spiro atoms. The van der Waals surface area contributed by atoms with Crippen molar-refractivity contribution < 1.29 is 18.8 Å². The quantitative estimate of drug-likeness (QED) is 0.505. The maximum atomic E-state index is 13.1. The Hall–Kier alpha value is -4.07. The number of hydrogen-bond donors (Lipinski definition) is 2. The maximum absolute atomic E-state index is 13.1. The molecule has 34 heavy (non-hydrogen) atoms. The van der Waals surface area contributed by atoms with Crippen LogP contribution in [-0.4, -0.2) is 29.3 Å². The minimum atomic E-state index is -0.364. The molecule has 1 aromatic heterocycles. The van der Waals surface area contributed by atoms with E-state index in [1.807, 2.05) is 32.0 Å². The van der Waals surface area contributed by atoms with Crippen LogP contribution in [0.5, 0.6) is 0 Å². The number of amides is 3. The van der Waals surface area contributed by atoms with E-state index in [4.69, 9.17) is 0 Å². The van der Waals surface area contributed by atoms with Crippen molar-refractivity contribution in [3.63, 3.8) is 0 Å². The smallest absolute Gasteiger partial charge is 0.240 e. The number of halogens is 1. The Morgan fingerprint density at radius 2 is 1.71 bits per heavy atom. The molecule has 0 unspecified atom stereocenters. The molecule has 2 aromatic carbocycles. The zero-order valence-electron chi connectivity index (χ0n) is 19.2. The summed E-state index contributed by atoms with van der Waals surface area (Å²) >= 11 is 0. The normalized spacial score (nSPS) is 10.4. The number of pyridine rings is 1. The van der Waals surface area contributed by atoms with Gasteiger partial charge in [0.1, 0.15) is 18.2 Å². The molecule has 0 fully saturated rings. The Morgan fingerprint density at radius 1 is 0.941 bits per heavy atom. The first-order chi connectivity index (χ1) is 16.3. The van der Waals surface area contributed by atoms with E-state index in [2.05, 4.69) is 15.6 Å². The highest BCUT2D eigenvalue weighted by Crippen LogP contribution is 2.23. The lowest BCUT2D eigenvalue weighted by Gasteiger charge is -2.24. The summed E-state index contributed by atoms with van der Waals surface area (Å²) in [4.78, 5) is 43.5. The van der Waals surface area contributed by atoms with E-state index in [0.29, 0.717) is 11.5 Å². The number of carbonyl (C=O) groups is 3. The predicted molar refractivity (Wildman–Crippen MR) is 129 cm³/mol. The summed E-state index contributed by atoms with van der Waals surface area (Å²) in [6, 6.07) is 16.6. The third-order valence-corrected chi connectivity index (χ3v) is 5.16. The van der Waals surface area contributed by atoms with Crippen LogP contribution in [0.25, 0.3) is 0 Å². The molecule has 7 nitrogen and oxygen atoms in total. The predicted octanol–water partition coefficient (Wildman–Crippen LogP) is 3.91. The van der Waals surface area contributed by atoms with E-state index in [9.17, 15) is 18.8 Å². The van der Waals surface area contributed by atoms with Crippen LogP contribution in [0, 0.1) is 19.7 Å². The fraction of sp³-hybridized carbons (Fsp3) is 0.231. The largest absolute Gasteiger partial charge is 0.350 e. The standard InChI is InChI=1S/C26H27FN4O3/c1-18-6-7-19(2)22(15-18)31(17-25(33)29-16-20-8-10-21(27)11-9-20)26(34)13-12-24(32)30-23-5-3-4-14-28-23/h3-11,14-15H,12-13,16-17H2,1-2H3,(H,29,33)(H,28,30,32). The zero-order valence-corrected chi connectivity index (χ0v) is 19.2. The van der Waals surface area contributed by atoms with Gasteiger partial charge in [0, 0.05) is 31.3 Å². The Labute approximate surface area is 198 Å². The first kappa shape index (κ1) is 24.6. The van der Waals surface area contributed by atoms with Crippen LogP contribution in [0.2, 0.25) is 0 Å². The SMILES string of the molecule is Cc1ccc(C)c(N(CC(=O)NCc2ccc(F)cc2)C(=O)CCC(=O)Nc2ccccn2)c1. The molecule has 3 rings (SSSR count). The summed E-state index contributed by atoms with van der Waals surface area (Å²) in [5.74, 6) is -0.993. The number of nitrogens with zero attached hydrogens (tertiary/aromatic N) is 2. The van der Waals surface area contributed by atoms with Crippen molar-refractivity contribution in [1.29, 1.82) is 0 Å². The van der Waals surface area contributed by atoms with Gasteiger partial charge in [0.25, 0.3) is 0 Å². The van der Waals surface area contributed by atoms with E-state index in [1.165, 1.54) is 17.0 Å². The Morgan fingerprint density at radius 3 is 2.41 bits per heavy atom. The molecule has 176 valence electrons. The molecule has 3 amide bonds. The average molecular weight is 463 g/mol. The lowest BCUT2D eigenvalue weighted by molar-refractivity contribution is -0.125. The first-order valence-electron chi connectivity index (χ1n) is 10.9. The second-order valence-electron chi connectivity index (χ2n) is 7.94. The number of benzene rings is 2. The van der Waals surface area contributed by atoms with Gasteiger partial charge in [-0.1, -0.05) is 30.3 Å². The van der Waals surface area contributed by atoms with Crippen molar-refractivity contribution in [3.05, 3.63) is 89.4 Å². The van der Waals surface area contributed by atoms with Gasteiger partial charge in [-0.25, -0.2) is 9.37 Å². The van der Waals surface area contributed by atoms with Gasteiger partial charge >= 0.3 is 0 Å². The van der Waals surface area contributed by atoms with E-state index in [0.717, 1.165) is 16.7 Å². The van der Waals surface area contributed by atoms with Gasteiger partial charge < -0.3 is 15.5 Å². The molecule has 0 saturated carbocycles. The summed E-state index contributed by atoms with van der Waals surface area (Å²) in [6.45, 7) is 3.77. The van der Waals surface area contributed by atoms with Gasteiger partial charge in [-0.3, -0.25) is 14.4 Å². The highest BCUT2D eigenvalue weighted by molar-refractivity contribution is 6.01. The molecule has 0 radical (unpaired) electrons. The first-order valence-corrected chi connectivity index (χ1v) is 10.9. The van der Waals surface area contributed by atoms with Crippen molar-refractivity contribution in [1.82, 2.24) is 10.3 Å². The van der Waals surface area contributed by atoms with Crippen LogP contribution in [0.3, 0.4) is 0 Å². The van der Waals surface area contributed by atoms with Crippen LogP contribution in [0.15, 0.2) is 66.9 Å². The summed E-state index contributed by atoms with van der Waals surface area (Å²) in [5, 5.41) is 5.42. The maximum Gasteiger partial charge on any atom is 0.240 e. The zero-order chi connectivity index (χ0) is 24.5. The van der Waals surface area contributed by atoms with Crippen LogP contribution < -0.4 is 15.5 Å². The van der Waals surface area contributed by atoms with Gasteiger partial charge in [-0.2, -0.15) is 0 Å². The fourth-order valence-electron chi connectivity index (χ4n) is 3.32. The Bertz CT molecular complexity index is 1150. The second-order valence-corrected chi connectivity index (χ2v) is 7.94. The second kappa shape index (κ2) is 11.7. The molecule has 0 saturated heterocycles. The fourth-order valence-corrected chi connectivity index (χ4v) is 3.32. The number of aryl methyl sites for hydroxylation is 2. The molecule has 1 heterocycles. The summed E-state index contributed by atoms with van der Waals surface area (Å²) in [7, 11) is 0. The molecule has 3 aromatic rings. The molecule has 0 atom stereocenters. The van der Waals surface area contributed by atoms with E-state index in [-0.39, 0.29) is 49.5 Å². The van der Waals surface area contributed by atoms with Gasteiger partial charge in [0.05, 0.1) is 0 Å². The molecule has 0 aliphatic rings. The number of nitrogens with one attached hydrogen (secondary N) is 2. The minimum absolute atomic E-state index is 0.0476. The summed E-state index contributed by atoms with van der Waals surface area (Å²) in [6.07, 6.45) is 1.44. The highest BCUT2D eigenvalue weighted by Gasteiger charge is 2.22. The number of hydrogen-bond acceptors (Lipinski definition) is 4. The van der Waals surface area contributed by atoms with Crippen LogP contribution in [0.4, 0.5) is 15.9 Å². The molecule has 0 aliphatic carbocycles. The molecule has 0 bridgehead atoms. The summed E-state index contributed by atoms with van der Waals surface area (Å²) in [5.41, 5.74) is 3.14. The lowest BCUT2D eigenvalue weighted by Crippen LogP contribution is -2.41. The van der Waals surface area contributed by atoms with Gasteiger partial charge in [-0.05, 0) is 60.9 Å². The third-order valence-electron chi connectivity index (χ3n) is 5.16. The Balaban J connectivity index is 1.66. The number of anilines is 2. The molecule has 2 N–H and O–H groups in total. The van der Waals surface area contributed by atoms with Gasteiger partial charge in [0.2, 0.25) is 17.7 Å². The van der Waals surface area contributed by atoms with Gasteiger partial charge in [0.15, 0.2) is 0 Å². The summed E-state index contributed by atoms with van der Waals surface area (Å²) < 4.78 is 13.1. The van der Waals surface area contributed by atoms with Crippen LogP contribution in [-0.2, 0) is 20.9 Å². The van der Waals surface area contributed by atoms with E-state index < -0.39 is 0 Å². The molecule has 0 aliphatic heterocycles. The Kier molecular flexibility index (Phi) is 8.45. The minimum Gasteiger partial charge on any atom is -0.350 e. The van der Waals surface area contributed by atoms with Crippen LogP contribution >= 0.6 is 0 Å². The number of aromatic nitrogens is 1. The van der Waals surface area contributed by atoms with Crippen molar-refractivity contribution in [3.8, 4) is 0 Å². The van der Waals surface area contributed by atoms with E-state index in [1.54, 1.807) is 36.5 Å². The topological polar surface area (TPSA) is 91.4 Å². The molecular weight excluding hydrogens is 435 g/mol. The van der Waals surface area contributed by atoms with Gasteiger partial charge in [-0.15, -0.1) is 0 Å². The number of rotatable bonds is 9. The van der Waals surface area contributed by atoms with Crippen molar-refractivity contribution in [2.75, 3.05) is 16.8 Å². The average Bonchev–Trinajstić information content (AvgIpc) is 2.83. The monoisotopic (exact) mass is 462 g/mol. The lowest BCUT2D eigenvalue weighted by atomic mass is 10.1. The van der Waals surface area contributed by atoms with Crippen LogP contribution in [0.1, 0.15) is 29.5 Å². The molecular formula is C26H27FN4O3. The van der Waals surface area contributed by atoms with Crippen molar-refractivity contribution in [2.24, 2.45) is 0 Å². The molecule has 8 heteroatoms. The number of carbonyl (C=O) groups excluding carboxylic acids is 3.